The van der Waals surface area contributed by atoms with Crippen LogP contribution in [0.15, 0.2) is 24.3 Å². The fraction of sp³-hybridized carbons (Fsp3) is 0.400. The first-order valence-electron chi connectivity index (χ1n) is 4.40. The molecule has 1 saturated heterocycles. The molecule has 2 nitrogen and oxygen atoms in total. The lowest BCUT2D eigenvalue weighted by Crippen LogP contribution is -2.28. The normalized spacial score (nSPS) is 25.9. The van der Waals surface area contributed by atoms with Gasteiger partial charge in [-0.25, -0.2) is 0 Å². The minimum absolute atomic E-state index is 0. The maximum Gasteiger partial charge on any atom is 0.103 e. The van der Waals surface area contributed by atoms with E-state index in [0.717, 1.165) is 18.5 Å². The van der Waals surface area contributed by atoms with Crippen molar-refractivity contribution in [1.82, 2.24) is 5.32 Å². The Bertz CT molecular complexity index is 293. The van der Waals surface area contributed by atoms with Crippen LogP contribution in [0, 0.1) is 0 Å². The van der Waals surface area contributed by atoms with Crippen LogP contribution in [-0.2, 0) is 5.60 Å². The summed E-state index contributed by atoms with van der Waals surface area (Å²) in [5.74, 6) is 0. The van der Waals surface area contributed by atoms with Gasteiger partial charge in [0.1, 0.15) is 5.60 Å². The Balaban J connectivity index is 0.000000980. The average molecular weight is 234 g/mol. The number of hydrogen-bond acceptors (Lipinski definition) is 2. The molecule has 0 spiro atoms. The van der Waals surface area contributed by atoms with Crippen LogP contribution >= 0.6 is 24.0 Å². The van der Waals surface area contributed by atoms with Crippen molar-refractivity contribution in [2.75, 3.05) is 13.1 Å². The summed E-state index contributed by atoms with van der Waals surface area (Å²) in [4.78, 5) is 0. The molecular formula is C10H13Cl2NO. The third-order valence-corrected chi connectivity index (χ3v) is 2.77. The Morgan fingerprint density at radius 1 is 1.29 bits per heavy atom. The SMILES string of the molecule is Cl.OC1(c2ccc(Cl)cc2)CCNC1. The van der Waals surface area contributed by atoms with Gasteiger partial charge in [0.2, 0.25) is 0 Å². The maximum absolute atomic E-state index is 10.1. The molecule has 1 unspecified atom stereocenters. The van der Waals surface area contributed by atoms with Crippen LogP contribution in [0.1, 0.15) is 12.0 Å². The van der Waals surface area contributed by atoms with Gasteiger partial charge < -0.3 is 10.4 Å². The van der Waals surface area contributed by atoms with Crippen molar-refractivity contribution in [3.63, 3.8) is 0 Å². The molecule has 1 fully saturated rings. The largest absolute Gasteiger partial charge is 0.384 e. The molecule has 1 aromatic rings. The van der Waals surface area contributed by atoms with Crippen molar-refractivity contribution in [2.45, 2.75) is 12.0 Å². The van der Waals surface area contributed by atoms with Gasteiger partial charge in [-0.05, 0) is 30.7 Å². The second-order valence-electron chi connectivity index (χ2n) is 3.47. The van der Waals surface area contributed by atoms with Crippen molar-refractivity contribution >= 4 is 24.0 Å². The second-order valence-corrected chi connectivity index (χ2v) is 3.90. The van der Waals surface area contributed by atoms with Gasteiger partial charge in [0.25, 0.3) is 0 Å². The first-order valence-corrected chi connectivity index (χ1v) is 4.78. The Labute approximate surface area is 94.7 Å². The molecule has 0 saturated carbocycles. The lowest BCUT2D eigenvalue weighted by atomic mass is 9.93. The number of aliphatic hydroxyl groups is 1. The first-order chi connectivity index (χ1) is 6.21. The molecule has 2 N–H and O–H groups in total. The van der Waals surface area contributed by atoms with Gasteiger partial charge in [-0.1, -0.05) is 23.7 Å². The smallest absolute Gasteiger partial charge is 0.103 e. The molecule has 0 bridgehead atoms. The zero-order valence-corrected chi connectivity index (χ0v) is 9.24. The van der Waals surface area contributed by atoms with Gasteiger partial charge >= 0.3 is 0 Å². The van der Waals surface area contributed by atoms with Crippen LogP contribution in [0.2, 0.25) is 5.02 Å². The Hall–Kier alpha value is -0.280. The topological polar surface area (TPSA) is 32.3 Å². The number of halogens is 2. The monoisotopic (exact) mass is 233 g/mol. The summed E-state index contributed by atoms with van der Waals surface area (Å²) in [5.41, 5.74) is 0.256. The molecule has 78 valence electrons. The number of nitrogens with one attached hydrogen (secondary N) is 1. The highest BCUT2D eigenvalue weighted by atomic mass is 35.5. The molecule has 2 rings (SSSR count). The van der Waals surface area contributed by atoms with Crippen LogP contribution in [0.4, 0.5) is 0 Å². The zero-order valence-electron chi connectivity index (χ0n) is 7.66. The predicted octanol–water partition coefficient (Wildman–Crippen LogP) is 1.94. The summed E-state index contributed by atoms with van der Waals surface area (Å²) in [6.45, 7) is 1.51. The summed E-state index contributed by atoms with van der Waals surface area (Å²) >= 11 is 5.77. The number of rotatable bonds is 1. The highest BCUT2D eigenvalue weighted by Crippen LogP contribution is 2.28. The Morgan fingerprint density at radius 3 is 2.43 bits per heavy atom. The summed E-state index contributed by atoms with van der Waals surface area (Å²) in [5, 5.41) is 14.0. The molecule has 1 heterocycles. The fourth-order valence-electron chi connectivity index (χ4n) is 1.69. The quantitative estimate of drug-likeness (QED) is 0.778. The van der Waals surface area contributed by atoms with Crippen LogP contribution in [0.25, 0.3) is 0 Å². The third-order valence-electron chi connectivity index (χ3n) is 2.51. The van der Waals surface area contributed by atoms with E-state index >= 15 is 0 Å². The Morgan fingerprint density at radius 2 is 1.93 bits per heavy atom. The molecule has 1 aliphatic rings. The molecule has 1 aromatic carbocycles. The van der Waals surface area contributed by atoms with Gasteiger partial charge in [0.05, 0.1) is 0 Å². The summed E-state index contributed by atoms with van der Waals surface area (Å²) < 4.78 is 0. The lowest BCUT2D eigenvalue weighted by molar-refractivity contribution is 0.0587. The highest BCUT2D eigenvalue weighted by molar-refractivity contribution is 6.30. The summed E-state index contributed by atoms with van der Waals surface area (Å²) in [6, 6.07) is 7.39. The first kappa shape index (κ1) is 11.8. The summed E-state index contributed by atoms with van der Waals surface area (Å²) in [7, 11) is 0. The highest BCUT2D eigenvalue weighted by Gasteiger charge is 2.32. The van der Waals surface area contributed by atoms with Crippen molar-refractivity contribution in [3.8, 4) is 0 Å². The number of β-amino-alcohol motifs (C(OH)–C–C–N with tert-alkyl or cyclic N) is 1. The number of benzene rings is 1. The molecule has 0 aromatic heterocycles. The minimum Gasteiger partial charge on any atom is -0.384 e. The third kappa shape index (κ3) is 2.20. The Kier molecular flexibility index (Phi) is 3.78. The fourth-order valence-corrected chi connectivity index (χ4v) is 1.81. The maximum atomic E-state index is 10.1. The van der Waals surface area contributed by atoms with E-state index in [1.165, 1.54) is 0 Å². The van der Waals surface area contributed by atoms with Crippen LogP contribution in [-0.4, -0.2) is 18.2 Å². The van der Waals surface area contributed by atoms with Gasteiger partial charge in [-0.15, -0.1) is 12.4 Å². The van der Waals surface area contributed by atoms with Crippen molar-refractivity contribution < 1.29 is 5.11 Å². The zero-order chi connectivity index (χ0) is 9.31. The van der Waals surface area contributed by atoms with E-state index < -0.39 is 5.60 Å². The van der Waals surface area contributed by atoms with E-state index in [1.807, 2.05) is 24.3 Å². The second kappa shape index (κ2) is 4.49. The van der Waals surface area contributed by atoms with E-state index in [1.54, 1.807) is 0 Å². The van der Waals surface area contributed by atoms with E-state index in [9.17, 15) is 5.11 Å². The molecule has 14 heavy (non-hydrogen) atoms. The van der Waals surface area contributed by atoms with E-state index in [-0.39, 0.29) is 12.4 Å². The van der Waals surface area contributed by atoms with Crippen LogP contribution in [0.3, 0.4) is 0 Å². The molecule has 1 atom stereocenters. The molecule has 0 amide bonds. The van der Waals surface area contributed by atoms with Gasteiger partial charge in [-0.2, -0.15) is 0 Å². The molecule has 1 aliphatic heterocycles. The lowest BCUT2D eigenvalue weighted by Gasteiger charge is -2.21. The standard InChI is InChI=1S/C10H12ClNO.ClH/c11-9-3-1-8(2-4-9)10(13)5-6-12-7-10;/h1-4,12-13H,5-7H2;1H. The average Bonchev–Trinajstić information content (AvgIpc) is 2.54. The molecule has 4 heteroatoms. The van der Waals surface area contributed by atoms with E-state index in [0.29, 0.717) is 11.6 Å². The van der Waals surface area contributed by atoms with Gasteiger partial charge in [-0.3, -0.25) is 0 Å². The van der Waals surface area contributed by atoms with Crippen LogP contribution in [0.5, 0.6) is 0 Å². The summed E-state index contributed by atoms with van der Waals surface area (Å²) in [6.07, 6.45) is 0.772. The van der Waals surface area contributed by atoms with Crippen LogP contribution < -0.4 is 5.32 Å². The molecule has 0 radical (unpaired) electrons. The van der Waals surface area contributed by atoms with E-state index in [4.69, 9.17) is 11.6 Å². The van der Waals surface area contributed by atoms with Crippen molar-refractivity contribution in [3.05, 3.63) is 34.9 Å². The van der Waals surface area contributed by atoms with E-state index in [2.05, 4.69) is 5.32 Å². The van der Waals surface area contributed by atoms with Gasteiger partial charge in [0, 0.05) is 11.6 Å². The predicted molar refractivity (Wildman–Crippen MR) is 60.1 cm³/mol. The number of hydrogen-bond donors (Lipinski definition) is 2. The van der Waals surface area contributed by atoms with Crippen molar-refractivity contribution in [2.24, 2.45) is 0 Å². The molecule has 0 aliphatic carbocycles. The van der Waals surface area contributed by atoms with Crippen molar-refractivity contribution in [1.29, 1.82) is 0 Å². The minimum atomic E-state index is -0.690. The van der Waals surface area contributed by atoms with Gasteiger partial charge in [0.15, 0.2) is 0 Å². The molecular weight excluding hydrogens is 221 g/mol.